The van der Waals surface area contributed by atoms with Gasteiger partial charge in [-0.1, -0.05) is 0 Å². The summed E-state index contributed by atoms with van der Waals surface area (Å²) in [4.78, 5) is 7.53. The molecule has 0 saturated heterocycles. The van der Waals surface area contributed by atoms with Gasteiger partial charge in [0.1, 0.15) is 0 Å². The minimum Gasteiger partial charge on any atom is -0.358 e. The molecule has 1 heterocycles. The van der Waals surface area contributed by atoms with Gasteiger partial charge in [0.2, 0.25) is 0 Å². The van der Waals surface area contributed by atoms with Gasteiger partial charge < -0.3 is 4.90 Å². The van der Waals surface area contributed by atoms with Crippen LogP contribution >= 0.6 is 11.3 Å². The van der Waals surface area contributed by atoms with Crippen molar-refractivity contribution in [3.63, 3.8) is 0 Å². The highest BCUT2D eigenvalue weighted by Crippen LogP contribution is 2.31. The lowest BCUT2D eigenvalue weighted by molar-refractivity contribution is 0.484. The first-order valence-corrected chi connectivity index (χ1v) is 5.75. The number of nitrogens with zero attached hydrogens (tertiary/aromatic N) is 2. The Labute approximate surface area is 88.3 Å². The molecule has 0 aromatic carbocycles. The Kier molecular flexibility index (Phi) is 2.54. The quantitative estimate of drug-likeness (QED) is 0.613. The second-order valence-corrected chi connectivity index (χ2v) is 4.82. The molecule has 4 heteroatoms. The molecule has 0 bridgehead atoms. The summed E-state index contributed by atoms with van der Waals surface area (Å²) in [6, 6.07) is 0. The zero-order valence-corrected chi connectivity index (χ0v) is 9.40. The average molecular weight is 209 g/mol. The minimum atomic E-state index is 0.535. The van der Waals surface area contributed by atoms with Crippen LogP contribution in [0.25, 0.3) is 0 Å². The van der Waals surface area contributed by atoms with E-state index < -0.39 is 0 Å². The van der Waals surface area contributed by atoms with Gasteiger partial charge in [-0.2, -0.15) is 0 Å². The van der Waals surface area contributed by atoms with E-state index in [1.165, 1.54) is 17.7 Å². The molecular weight excluding hydrogens is 194 g/mol. The molecule has 1 saturated carbocycles. The van der Waals surface area contributed by atoms with E-state index in [1.54, 1.807) is 11.3 Å². The zero-order valence-electron chi connectivity index (χ0n) is 8.58. The van der Waals surface area contributed by atoms with Crippen molar-refractivity contribution in [2.75, 3.05) is 7.05 Å². The van der Waals surface area contributed by atoms with E-state index >= 15 is 0 Å². The maximum absolute atomic E-state index is 7.89. The van der Waals surface area contributed by atoms with Crippen molar-refractivity contribution < 1.29 is 0 Å². The molecule has 1 aliphatic rings. The zero-order chi connectivity index (χ0) is 10.1. The van der Waals surface area contributed by atoms with E-state index in [1.807, 2.05) is 24.4 Å². The Balaban J connectivity index is 1.96. The van der Waals surface area contributed by atoms with Crippen LogP contribution in [0.1, 0.15) is 23.4 Å². The van der Waals surface area contributed by atoms with Crippen LogP contribution in [-0.4, -0.2) is 22.8 Å². The molecule has 76 valence electrons. The Morgan fingerprint density at radius 2 is 2.43 bits per heavy atom. The highest BCUT2D eigenvalue weighted by molar-refractivity contribution is 7.09. The Morgan fingerprint density at radius 3 is 2.93 bits per heavy atom. The first-order chi connectivity index (χ1) is 6.68. The second kappa shape index (κ2) is 3.69. The summed E-state index contributed by atoms with van der Waals surface area (Å²) < 4.78 is 0. The molecule has 1 aromatic heterocycles. The fourth-order valence-corrected chi connectivity index (χ4v) is 2.28. The van der Waals surface area contributed by atoms with Crippen molar-refractivity contribution in [2.24, 2.45) is 5.92 Å². The number of hydrogen-bond donors (Lipinski definition) is 1. The lowest BCUT2D eigenvalue weighted by Crippen LogP contribution is -2.26. The van der Waals surface area contributed by atoms with Crippen LogP contribution in [0, 0.1) is 18.3 Å². The number of amidine groups is 1. The average Bonchev–Trinajstić information content (AvgIpc) is 2.92. The van der Waals surface area contributed by atoms with Crippen molar-refractivity contribution in [2.45, 2.75) is 26.3 Å². The lowest BCUT2D eigenvalue weighted by Gasteiger charge is -2.18. The third-order valence-corrected chi connectivity index (χ3v) is 3.52. The van der Waals surface area contributed by atoms with Gasteiger partial charge >= 0.3 is 0 Å². The van der Waals surface area contributed by atoms with Crippen molar-refractivity contribution in [1.29, 1.82) is 5.41 Å². The van der Waals surface area contributed by atoms with E-state index in [-0.39, 0.29) is 0 Å². The smallest absolute Gasteiger partial charge is 0.0990 e. The summed E-state index contributed by atoms with van der Waals surface area (Å²) in [7, 11) is 2.00. The molecule has 1 aromatic rings. The molecule has 0 unspecified atom stereocenters. The fourth-order valence-electron chi connectivity index (χ4n) is 1.45. The van der Waals surface area contributed by atoms with Gasteiger partial charge in [0.15, 0.2) is 0 Å². The third-order valence-electron chi connectivity index (χ3n) is 2.60. The molecule has 2 rings (SSSR count). The predicted octanol–water partition coefficient (Wildman–Crippen LogP) is 2.27. The first-order valence-electron chi connectivity index (χ1n) is 4.87. The normalized spacial score (nSPS) is 15.6. The number of aromatic nitrogens is 1. The van der Waals surface area contributed by atoms with Crippen LogP contribution in [0.3, 0.4) is 0 Å². The predicted molar refractivity (Wildman–Crippen MR) is 58.8 cm³/mol. The van der Waals surface area contributed by atoms with Crippen LogP contribution in [0.2, 0.25) is 0 Å². The highest BCUT2D eigenvalue weighted by Gasteiger charge is 2.28. The maximum atomic E-state index is 7.89. The Bertz CT molecular complexity index is 341. The van der Waals surface area contributed by atoms with Crippen LogP contribution in [0.5, 0.6) is 0 Å². The van der Waals surface area contributed by atoms with Crippen LogP contribution in [-0.2, 0) is 6.54 Å². The Morgan fingerprint density at radius 1 is 1.71 bits per heavy atom. The van der Waals surface area contributed by atoms with E-state index in [2.05, 4.69) is 4.98 Å². The van der Waals surface area contributed by atoms with Crippen molar-refractivity contribution in [3.05, 3.63) is 16.1 Å². The number of nitrogens with one attached hydrogen (secondary N) is 1. The topological polar surface area (TPSA) is 40.0 Å². The largest absolute Gasteiger partial charge is 0.358 e. The van der Waals surface area contributed by atoms with Crippen LogP contribution < -0.4 is 0 Å². The summed E-state index contributed by atoms with van der Waals surface area (Å²) in [5, 5.41) is 7.89. The summed E-state index contributed by atoms with van der Waals surface area (Å²) >= 11 is 1.68. The standard InChI is InChI=1S/C10H15N3S/c1-7-9(14-6-12-7)5-13(2)10(11)8-3-4-8/h6,8,11H,3-5H2,1-2H3. The lowest BCUT2D eigenvalue weighted by atomic mass is 10.3. The van der Waals surface area contributed by atoms with E-state index in [0.29, 0.717) is 5.92 Å². The molecule has 1 N–H and O–H groups in total. The highest BCUT2D eigenvalue weighted by atomic mass is 32.1. The molecule has 3 nitrogen and oxygen atoms in total. The summed E-state index contributed by atoms with van der Waals surface area (Å²) in [6.45, 7) is 2.87. The summed E-state index contributed by atoms with van der Waals surface area (Å²) in [5.74, 6) is 1.33. The SMILES string of the molecule is Cc1ncsc1CN(C)C(=N)C1CC1. The summed E-state index contributed by atoms with van der Waals surface area (Å²) in [5.41, 5.74) is 2.98. The molecule has 0 atom stereocenters. The van der Waals surface area contributed by atoms with E-state index in [9.17, 15) is 0 Å². The van der Waals surface area contributed by atoms with Crippen molar-refractivity contribution in [1.82, 2.24) is 9.88 Å². The maximum Gasteiger partial charge on any atom is 0.0990 e. The fraction of sp³-hybridized carbons (Fsp3) is 0.600. The number of thiazole rings is 1. The molecule has 0 spiro atoms. The van der Waals surface area contributed by atoms with Gasteiger partial charge in [0, 0.05) is 17.8 Å². The van der Waals surface area contributed by atoms with Crippen LogP contribution in [0.15, 0.2) is 5.51 Å². The van der Waals surface area contributed by atoms with Gasteiger partial charge in [-0.3, -0.25) is 5.41 Å². The van der Waals surface area contributed by atoms with Gasteiger partial charge in [0.25, 0.3) is 0 Å². The van der Waals surface area contributed by atoms with Gasteiger partial charge in [-0.25, -0.2) is 4.98 Å². The molecule has 0 aliphatic heterocycles. The molecule has 0 radical (unpaired) electrons. The summed E-state index contributed by atoms with van der Waals surface area (Å²) in [6.07, 6.45) is 2.40. The monoisotopic (exact) mass is 209 g/mol. The van der Waals surface area contributed by atoms with Crippen molar-refractivity contribution in [3.8, 4) is 0 Å². The van der Waals surface area contributed by atoms with E-state index in [0.717, 1.165) is 18.1 Å². The number of rotatable bonds is 3. The molecular formula is C10H15N3S. The van der Waals surface area contributed by atoms with Gasteiger partial charge in [0.05, 0.1) is 23.6 Å². The first kappa shape index (κ1) is 9.65. The molecule has 1 aliphatic carbocycles. The minimum absolute atomic E-state index is 0.535. The van der Waals surface area contributed by atoms with Gasteiger partial charge in [-0.05, 0) is 19.8 Å². The van der Waals surface area contributed by atoms with Gasteiger partial charge in [-0.15, -0.1) is 11.3 Å². The van der Waals surface area contributed by atoms with Crippen LogP contribution in [0.4, 0.5) is 0 Å². The van der Waals surface area contributed by atoms with Crippen molar-refractivity contribution >= 4 is 17.2 Å². The molecule has 1 fully saturated rings. The molecule has 14 heavy (non-hydrogen) atoms. The Hall–Kier alpha value is -0.900. The number of hydrogen-bond acceptors (Lipinski definition) is 3. The molecule has 0 amide bonds. The second-order valence-electron chi connectivity index (χ2n) is 3.88. The number of aryl methyl sites for hydroxylation is 1. The third kappa shape index (κ3) is 1.95. The van der Waals surface area contributed by atoms with E-state index in [4.69, 9.17) is 5.41 Å².